The van der Waals surface area contributed by atoms with E-state index in [1.807, 2.05) is 0 Å². The lowest BCUT2D eigenvalue weighted by molar-refractivity contribution is -0.121. The highest BCUT2D eigenvalue weighted by atomic mass is 31.2. The third kappa shape index (κ3) is 3.58. The second-order valence-corrected chi connectivity index (χ2v) is 8.99. The molecule has 4 heterocycles. The molecule has 2 aliphatic heterocycles. The third-order valence-electron chi connectivity index (χ3n) is 5.29. The number of phosphoric ester groups is 1. The van der Waals surface area contributed by atoms with Crippen LogP contribution in [0.15, 0.2) is 40.5 Å². The summed E-state index contributed by atoms with van der Waals surface area (Å²) in [5.74, 6) is -0.00867. The molecule has 4 N–H and O–H groups in total. The summed E-state index contributed by atoms with van der Waals surface area (Å²) < 4.78 is 50.5. The number of hydrogen-bond donors (Lipinski definition) is 3. The van der Waals surface area contributed by atoms with Gasteiger partial charge >= 0.3 is 7.82 Å². The number of nitrogens with zero attached hydrogens (tertiary/aromatic N) is 6. The molecule has 1 unspecified atom stereocenters. The summed E-state index contributed by atoms with van der Waals surface area (Å²) in [5, 5.41) is 14.0. The van der Waals surface area contributed by atoms with E-state index < -0.39 is 44.2 Å². The molecule has 3 aromatic rings. The van der Waals surface area contributed by atoms with Crippen molar-refractivity contribution in [2.45, 2.75) is 30.8 Å². The molecule has 1 saturated heterocycles. The lowest BCUT2D eigenvalue weighted by atomic mass is 10.1. The summed E-state index contributed by atoms with van der Waals surface area (Å²) in [6.45, 7) is -0.986. The fraction of sp³-hybridized carbons (Fsp3) is 0.353. The Morgan fingerprint density at radius 1 is 1.50 bits per heavy atom. The van der Waals surface area contributed by atoms with Crippen LogP contribution in [0, 0.1) is 0 Å². The van der Waals surface area contributed by atoms with Crippen molar-refractivity contribution >= 4 is 24.9 Å². The molecular weight excluding hydrogens is 478 g/mol. The number of benzene rings is 1. The van der Waals surface area contributed by atoms with Crippen molar-refractivity contribution in [2.75, 3.05) is 12.3 Å². The van der Waals surface area contributed by atoms with Gasteiger partial charge in [-0.05, 0) is 11.6 Å². The highest BCUT2D eigenvalue weighted by Crippen LogP contribution is 2.55. The number of hydrogen-bond acceptors (Lipinski definition) is 11. The number of nitrogens with one attached hydrogen (secondary N) is 1. The van der Waals surface area contributed by atoms with Gasteiger partial charge in [0.25, 0.3) is 5.56 Å². The predicted molar refractivity (Wildman–Crippen MR) is 111 cm³/mol. The van der Waals surface area contributed by atoms with Gasteiger partial charge in [0, 0.05) is 10.5 Å². The van der Waals surface area contributed by atoms with E-state index in [1.165, 1.54) is 0 Å². The van der Waals surface area contributed by atoms with Crippen molar-refractivity contribution in [3.05, 3.63) is 57.0 Å². The zero-order valence-electron chi connectivity index (χ0n) is 17.0. The number of nitrogen functional groups attached to an aromatic ring is 1. The summed E-state index contributed by atoms with van der Waals surface area (Å²) in [5.41, 5.74) is 11.9. The maximum absolute atomic E-state index is 15.2. The molecule has 0 saturated carbocycles. The van der Waals surface area contributed by atoms with Crippen LogP contribution in [0.3, 0.4) is 0 Å². The molecule has 5 rings (SSSR count). The Bertz CT molecular complexity index is 1420. The Morgan fingerprint density at radius 2 is 2.29 bits per heavy atom. The molecule has 17 heteroatoms. The van der Waals surface area contributed by atoms with Gasteiger partial charge in [-0.3, -0.25) is 23.4 Å². The number of rotatable bonds is 5. The molecular formula is C17H16FN8O7P. The van der Waals surface area contributed by atoms with Gasteiger partial charge in [-0.25, -0.2) is 13.9 Å². The van der Waals surface area contributed by atoms with Gasteiger partial charge in [0.05, 0.1) is 19.5 Å². The van der Waals surface area contributed by atoms with Crippen LogP contribution in [0.1, 0.15) is 11.8 Å². The van der Waals surface area contributed by atoms with E-state index in [4.69, 9.17) is 29.6 Å². The van der Waals surface area contributed by atoms with E-state index >= 15 is 4.39 Å². The predicted octanol–water partition coefficient (Wildman–Crippen LogP) is 1.67. The molecule has 2 aromatic heterocycles. The normalized spacial score (nSPS) is 30.5. The topological polar surface area (TPSA) is 213 Å². The molecule has 34 heavy (non-hydrogen) atoms. The number of H-pyrrole nitrogens is 1. The molecule has 1 fully saturated rings. The van der Waals surface area contributed by atoms with Gasteiger partial charge in [0.15, 0.2) is 23.6 Å². The van der Waals surface area contributed by atoms with Crippen molar-refractivity contribution in [3.8, 4) is 5.75 Å². The first-order valence-corrected chi connectivity index (χ1v) is 11.2. The van der Waals surface area contributed by atoms with Gasteiger partial charge in [-0.15, -0.1) is 0 Å². The van der Waals surface area contributed by atoms with E-state index in [0.29, 0.717) is 5.56 Å². The van der Waals surface area contributed by atoms with E-state index in [1.54, 1.807) is 24.3 Å². The fourth-order valence-electron chi connectivity index (χ4n) is 3.64. The van der Waals surface area contributed by atoms with E-state index in [0.717, 1.165) is 10.9 Å². The van der Waals surface area contributed by atoms with Crippen LogP contribution in [0.5, 0.6) is 5.75 Å². The summed E-state index contributed by atoms with van der Waals surface area (Å²) in [7, 11) is -4.23. The van der Waals surface area contributed by atoms with Crippen LogP contribution in [0.2, 0.25) is 0 Å². The van der Waals surface area contributed by atoms with Crippen LogP contribution in [-0.4, -0.2) is 49.2 Å². The number of aromatic amines is 1. The van der Waals surface area contributed by atoms with Crippen molar-refractivity contribution in [1.29, 1.82) is 0 Å². The van der Waals surface area contributed by atoms with Crippen LogP contribution in [0.25, 0.3) is 21.6 Å². The molecule has 0 spiro atoms. The SMILES string of the molecule is [N-]=[N+]=N[C@]1(COP2(=O)OCc3ccccc3O2)O[C@@H](n2cnc3c(=O)[nH]c(N)nc32)[C@H](F)[C@@H]1O. The Hall–Kier alpha value is -3.52. The van der Waals surface area contributed by atoms with Crippen molar-refractivity contribution in [3.63, 3.8) is 0 Å². The number of aromatic nitrogens is 4. The maximum atomic E-state index is 15.2. The quantitative estimate of drug-likeness (QED) is 0.202. The maximum Gasteiger partial charge on any atom is 0.530 e. The smallest absolute Gasteiger partial charge is 0.404 e. The molecule has 2 aliphatic rings. The van der Waals surface area contributed by atoms with Crippen LogP contribution in [-0.2, 0) is 25.0 Å². The molecule has 5 atom stereocenters. The van der Waals surface area contributed by atoms with Gasteiger partial charge in [-0.2, -0.15) is 4.98 Å². The summed E-state index contributed by atoms with van der Waals surface area (Å²) in [6.07, 6.45) is -4.88. The highest BCUT2D eigenvalue weighted by molar-refractivity contribution is 7.49. The number of phosphoric acid groups is 1. The average molecular weight is 494 g/mol. The second-order valence-electron chi connectivity index (χ2n) is 7.40. The minimum atomic E-state index is -4.23. The molecule has 0 bridgehead atoms. The number of imidazole rings is 1. The standard InChI is InChI=1S/C17H16FN8O7P/c18-10-12(27)17(24-25-20,6-31-34(29)30-5-8-3-1-2-4-9(8)33-34)32-15(10)26-7-21-11-13(26)22-16(19)23-14(11)28/h1-4,7,10,12,15,27H,5-6H2,(H3,19,22,23,28)/t10-,12+,15-,17-,34?/m1/s1. The van der Waals surface area contributed by atoms with Gasteiger partial charge in [-0.1, -0.05) is 23.3 Å². The number of fused-ring (bicyclic) bond motifs is 2. The van der Waals surface area contributed by atoms with E-state index in [2.05, 4.69) is 25.0 Å². The first kappa shape index (κ1) is 22.3. The summed E-state index contributed by atoms with van der Waals surface area (Å²) in [6, 6.07) is 6.64. The minimum absolute atomic E-state index is 0.0948. The molecule has 15 nitrogen and oxygen atoms in total. The Kier molecular flexibility index (Phi) is 5.28. The molecule has 0 amide bonds. The second kappa shape index (κ2) is 8.06. The minimum Gasteiger partial charge on any atom is -0.404 e. The first-order chi connectivity index (χ1) is 16.3. The Balaban J connectivity index is 1.44. The first-order valence-electron chi connectivity index (χ1n) is 9.70. The zero-order chi connectivity index (χ0) is 24.1. The number of para-hydroxylation sites is 1. The van der Waals surface area contributed by atoms with Crippen LogP contribution >= 0.6 is 7.82 Å². The molecule has 0 aliphatic carbocycles. The number of anilines is 1. The van der Waals surface area contributed by atoms with E-state index in [9.17, 15) is 14.5 Å². The summed E-state index contributed by atoms with van der Waals surface area (Å²) >= 11 is 0. The number of aliphatic hydroxyl groups excluding tert-OH is 1. The molecule has 0 radical (unpaired) electrons. The number of azide groups is 1. The Labute approximate surface area is 188 Å². The van der Waals surface area contributed by atoms with E-state index in [-0.39, 0.29) is 29.5 Å². The number of nitrogens with two attached hydrogens (primary N) is 1. The van der Waals surface area contributed by atoms with Gasteiger partial charge in [0.1, 0.15) is 11.9 Å². The van der Waals surface area contributed by atoms with Crippen molar-refractivity contribution in [2.24, 2.45) is 5.11 Å². The summed E-state index contributed by atoms with van der Waals surface area (Å²) in [4.78, 5) is 24.7. The van der Waals surface area contributed by atoms with Crippen LogP contribution in [0.4, 0.5) is 10.3 Å². The van der Waals surface area contributed by atoms with Crippen molar-refractivity contribution < 1.29 is 32.4 Å². The van der Waals surface area contributed by atoms with Crippen LogP contribution < -0.4 is 15.8 Å². The number of ether oxygens (including phenoxy) is 1. The third-order valence-corrected chi connectivity index (χ3v) is 6.60. The molecule has 1 aromatic carbocycles. The monoisotopic (exact) mass is 494 g/mol. The Morgan fingerprint density at radius 3 is 3.09 bits per heavy atom. The lowest BCUT2D eigenvalue weighted by Gasteiger charge is -2.30. The number of halogens is 1. The van der Waals surface area contributed by atoms with Crippen molar-refractivity contribution in [1.82, 2.24) is 19.5 Å². The lowest BCUT2D eigenvalue weighted by Crippen LogP contribution is -2.44. The molecule has 178 valence electrons. The number of aliphatic hydroxyl groups is 1. The average Bonchev–Trinajstić information content (AvgIpc) is 3.33. The fourth-order valence-corrected chi connectivity index (χ4v) is 4.88. The van der Waals surface area contributed by atoms with Gasteiger partial charge in [0.2, 0.25) is 11.7 Å². The number of alkyl halides is 1. The zero-order valence-corrected chi connectivity index (χ0v) is 17.9. The van der Waals surface area contributed by atoms with Gasteiger partial charge < -0.3 is 20.1 Å². The largest absolute Gasteiger partial charge is 0.530 e. The highest BCUT2D eigenvalue weighted by Gasteiger charge is 2.57.